The standard InChI is InChI=1S/C9H18N2O2/c1-7(8-2-3-8)11-9(12)6-13-5-4-10/h7-8H,2-6,10H2,1H3,(H,11,12). The zero-order chi connectivity index (χ0) is 9.68. The van der Waals surface area contributed by atoms with Crippen LogP contribution < -0.4 is 11.1 Å². The summed E-state index contributed by atoms with van der Waals surface area (Å²) in [4.78, 5) is 11.2. The van der Waals surface area contributed by atoms with Crippen LogP contribution >= 0.6 is 0 Å². The third-order valence-corrected chi connectivity index (χ3v) is 2.21. The van der Waals surface area contributed by atoms with Crippen LogP contribution in [0.3, 0.4) is 0 Å². The molecular weight excluding hydrogens is 168 g/mol. The molecule has 0 aromatic rings. The molecule has 0 saturated heterocycles. The van der Waals surface area contributed by atoms with Gasteiger partial charge in [-0.15, -0.1) is 0 Å². The Morgan fingerprint density at radius 1 is 1.69 bits per heavy atom. The van der Waals surface area contributed by atoms with Crippen LogP contribution in [0.1, 0.15) is 19.8 Å². The van der Waals surface area contributed by atoms with Crippen LogP contribution in [-0.4, -0.2) is 31.7 Å². The molecule has 1 unspecified atom stereocenters. The highest BCUT2D eigenvalue weighted by Crippen LogP contribution is 2.32. The fourth-order valence-corrected chi connectivity index (χ4v) is 1.26. The first-order valence-corrected chi connectivity index (χ1v) is 4.81. The summed E-state index contributed by atoms with van der Waals surface area (Å²) < 4.78 is 5.01. The lowest BCUT2D eigenvalue weighted by molar-refractivity contribution is -0.126. The first-order chi connectivity index (χ1) is 6.24. The lowest BCUT2D eigenvalue weighted by Gasteiger charge is -2.12. The Morgan fingerprint density at radius 3 is 2.92 bits per heavy atom. The van der Waals surface area contributed by atoms with Gasteiger partial charge in [-0.25, -0.2) is 0 Å². The number of hydrogen-bond acceptors (Lipinski definition) is 3. The van der Waals surface area contributed by atoms with E-state index in [0.717, 1.165) is 0 Å². The van der Waals surface area contributed by atoms with E-state index in [1.165, 1.54) is 12.8 Å². The lowest BCUT2D eigenvalue weighted by Crippen LogP contribution is -2.36. The summed E-state index contributed by atoms with van der Waals surface area (Å²) >= 11 is 0. The van der Waals surface area contributed by atoms with Crippen LogP contribution in [0.4, 0.5) is 0 Å². The van der Waals surface area contributed by atoms with Crippen molar-refractivity contribution in [1.82, 2.24) is 5.32 Å². The zero-order valence-corrected chi connectivity index (χ0v) is 8.08. The van der Waals surface area contributed by atoms with E-state index in [9.17, 15) is 4.79 Å². The molecular formula is C9H18N2O2. The van der Waals surface area contributed by atoms with E-state index in [0.29, 0.717) is 25.1 Å². The van der Waals surface area contributed by atoms with Gasteiger partial charge in [-0.1, -0.05) is 0 Å². The molecule has 1 amide bonds. The van der Waals surface area contributed by atoms with Crippen molar-refractivity contribution in [3.05, 3.63) is 0 Å². The molecule has 0 radical (unpaired) electrons. The number of hydrogen-bond donors (Lipinski definition) is 2. The van der Waals surface area contributed by atoms with Crippen LogP contribution in [0.15, 0.2) is 0 Å². The summed E-state index contributed by atoms with van der Waals surface area (Å²) in [6, 6.07) is 0.300. The quantitative estimate of drug-likeness (QED) is 0.568. The molecule has 1 atom stereocenters. The van der Waals surface area contributed by atoms with Gasteiger partial charge in [0.05, 0.1) is 6.61 Å². The molecule has 0 aliphatic heterocycles. The normalized spacial score (nSPS) is 18.3. The maximum absolute atomic E-state index is 11.2. The van der Waals surface area contributed by atoms with Crippen molar-refractivity contribution in [3.8, 4) is 0 Å². The van der Waals surface area contributed by atoms with Gasteiger partial charge in [0, 0.05) is 12.6 Å². The van der Waals surface area contributed by atoms with E-state index in [-0.39, 0.29) is 12.5 Å². The van der Waals surface area contributed by atoms with E-state index in [1.807, 2.05) is 6.92 Å². The minimum absolute atomic E-state index is 0.0344. The molecule has 3 N–H and O–H groups in total. The van der Waals surface area contributed by atoms with Gasteiger partial charge in [-0.2, -0.15) is 0 Å². The van der Waals surface area contributed by atoms with Crippen LogP contribution in [0.5, 0.6) is 0 Å². The second kappa shape index (κ2) is 5.19. The summed E-state index contributed by atoms with van der Waals surface area (Å²) in [7, 11) is 0. The zero-order valence-electron chi connectivity index (χ0n) is 8.08. The Bertz CT molecular complexity index is 169. The smallest absolute Gasteiger partial charge is 0.246 e. The molecule has 0 aromatic carbocycles. The van der Waals surface area contributed by atoms with Gasteiger partial charge in [-0.05, 0) is 25.7 Å². The highest BCUT2D eigenvalue weighted by Gasteiger charge is 2.28. The third kappa shape index (κ3) is 4.24. The highest BCUT2D eigenvalue weighted by molar-refractivity contribution is 5.77. The van der Waals surface area contributed by atoms with Crippen LogP contribution in [0, 0.1) is 5.92 Å². The van der Waals surface area contributed by atoms with Gasteiger partial charge in [0.25, 0.3) is 0 Å². The van der Waals surface area contributed by atoms with Crippen molar-refractivity contribution in [2.45, 2.75) is 25.8 Å². The second-order valence-electron chi connectivity index (χ2n) is 3.53. The first-order valence-electron chi connectivity index (χ1n) is 4.81. The lowest BCUT2D eigenvalue weighted by atomic mass is 10.2. The topological polar surface area (TPSA) is 64.3 Å². The molecule has 4 nitrogen and oxygen atoms in total. The Kier molecular flexibility index (Phi) is 4.18. The molecule has 0 heterocycles. The molecule has 1 fully saturated rings. The molecule has 0 bridgehead atoms. The maximum atomic E-state index is 11.2. The van der Waals surface area contributed by atoms with E-state index in [2.05, 4.69) is 5.32 Å². The van der Waals surface area contributed by atoms with Gasteiger partial charge in [-0.3, -0.25) is 4.79 Å². The van der Waals surface area contributed by atoms with Crippen LogP contribution in [0.25, 0.3) is 0 Å². The van der Waals surface area contributed by atoms with Crippen LogP contribution in [0.2, 0.25) is 0 Å². The van der Waals surface area contributed by atoms with Gasteiger partial charge in [0.1, 0.15) is 6.61 Å². The number of carbonyl (C=O) groups excluding carboxylic acids is 1. The molecule has 0 aromatic heterocycles. The van der Waals surface area contributed by atoms with Gasteiger partial charge < -0.3 is 15.8 Å². The van der Waals surface area contributed by atoms with Crippen molar-refractivity contribution >= 4 is 5.91 Å². The Hall–Kier alpha value is -0.610. The maximum Gasteiger partial charge on any atom is 0.246 e. The second-order valence-corrected chi connectivity index (χ2v) is 3.53. The number of amides is 1. The van der Waals surface area contributed by atoms with Crippen molar-refractivity contribution in [2.24, 2.45) is 11.7 Å². The van der Waals surface area contributed by atoms with E-state index >= 15 is 0 Å². The van der Waals surface area contributed by atoms with Crippen molar-refractivity contribution in [2.75, 3.05) is 19.8 Å². The van der Waals surface area contributed by atoms with Gasteiger partial charge in [0.15, 0.2) is 0 Å². The number of nitrogens with one attached hydrogen (secondary N) is 1. The Morgan fingerprint density at radius 2 is 2.38 bits per heavy atom. The number of rotatable bonds is 6. The fourth-order valence-electron chi connectivity index (χ4n) is 1.26. The molecule has 1 aliphatic rings. The average Bonchev–Trinajstić information content (AvgIpc) is 2.86. The Labute approximate surface area is 78.8 Å². The summed E-state index contributed by atoms with van der Waals surface area (Å²) in [6.45, 7) is 3.09. The molecule has 1 aliphatic carbocycles. The summed E-state index contributed by atoms with van der Waals surface area (Å²) in [5, 5.41) is 2.90. The summed E-state index contributed by atoms with van der Waals surface area (Å²) in [6.07, 6.45) is 2.48. The fraction of sp³-hybridized carbons (Fsp3) is 0.889. The molecule has 1 rings (SSSR count). The largest absolute Gasteiger partial charge is 0.370 e. The van der Waals surface area contributed by atoms with E-state index in [1.54, 1.807) is 0 Å². The van der Waals surface area contributed by atoms with Crippen molar-refractivity contribution < 1.29 is 9.53 Å². The third-order valence-electron chi connectivity index (χ3n) is 2.21. The molecule has 13 heavy (non-hydrogen) atoms. The predicted octanol–water partition coefficient (Wildman–Crippen LogP) is -0.124. The monoisotopic (exact) mass is 186 g/mol. The highest BCUT2D eigenvalue weighted by atomic mass is 16.5. The Balaban J connectivity index is 2.02. The molecule has 76 valence electrons. The van der Waals surface area contributed by atoms with Gasteiger partial charge in [0.2, 0.25) is 5.91 Å². The predicted molar refractivity (Wildman–Crippen MR) is 50.2 cm³/mol. The van der Waals surface area contributed by atoms with Crippen molar-refractivity contribution in [1.29, 1.82) is 0 Å². The summed E-state index contributed by atoms with van der Waals surface area (Å²) in [5.74, 6) is 0.659. The number of ether oxygens (including phenoxy) is 1. The molecule has 4 heteroatoms. The number of carbonyl (C=O) groups is 1. The molecule has 0 spiro atoms. The number of nitrogens with two attached hydrogens (primary N) is 1. The minimum atomic E-state index is -0.0344. The average molecular weight is 186 g/mol. The summed E-state index contributed by atoms with van der Waals surface area (Å²) in [5.41, 5.74) is 5.22. The van der Waals surface area contributed by atoms with Crippen LogP contribution in [-0.2, 0) is 9.53 Å². The molecule has 1 saturated carbocycles. The first kappa shape index (κ1) is 10.5. The van der Waals surface area contributed by atoms with E-state index in [4.69, 9.17) is 10.5 Å². The minimum Gasteiger partial charge on any atom is -0.370 e. The van der Waals surface area contributed by atoms with E-state index < -0.39 is 0 Å². The van der Waals surface area contributed by atoms with Gasteiger partial charge >= 0.3 is 0 Å². The SMILES string of the molecule is CC(NC(=O)COCCN)C1CC1. The van der Waals surface area contributed by atoms with Crippen molar-refractivity contribution in [3.63, 3.8) is 0 Å².